The standard InChI is InChI=1S/C8H17N/c1-9(2)8-6-4-3-5-7-8/h8H,3-7H2,1-2H3/i3D2,4D2,5D2,6D2,7D2,8D. The van der Waals surface area contributed by atoms with E-state index in [1.807, 2.05) is 0 Å². The van der Waals surface area contributed by atoms with Gasteiger partial charge in [0.1, 0.15) is 0 Å². The van der Waals surface area contributed by atoms with E-state index in [1.54, 1.807) is 0 Å². The Bertz CT molecular complexity index is 383. The average Bonchev–Trinajstić information content (AvgIpc) is 2.24. The molecule has 0 atom stereocenters. The predicted octanol–water partition coefficient (Wildman–Crippen LogP) is 1.88. The van der Waals surface area contributed by atoms with Crippen molar-refractivity contribution in [2.24, 2.45) is 0 Å². The van der Waals surface area contributed by atoms with Crippen molar-refractivity contribution in [3.05, 3.63) is 0 Å². The minimum absolute atomic E-state index is 0.748. The van der Waals surface area contributed by atoms with Gasteiger partial charge in [0.25, 0.3) is 0 Å². The molecule has 0 N–H and O–H groups in total. The van der Waals surface area contributed by atoms with Gasteiger partial charge in [-0.05, 0) is 26.8 Å². The van der Waals surface area contributed by atoms with Gasteiger partial charge in [-0.25, -0.2) is 0 Å². The molecule has 0 heterocycles. The predicted molar refractivity (Wildman–Crippen MR) is 40.6 cm³/mol. The minimum atomic E-state index is -3.45. The summed E-state index contributed by atoms with van der Waals surface area (Å²) >= 11 is 0. The van der Waals surface area contributed by atoms with Crippen LogP contribution in [0.2, 0.25) is 0 Å². The summed E-state index contributed by atoms with van der Waals surface area (Å²) in [5.41, 5.74) is 0. The lowest BCUT2D eigenvalue weighted by Gasteiger charge is -2.27. The van der Waals surface area contributed by atoms with Crippen LogP contribution in [0.1, 0.15) is 46.9 Å². The molecule has 0 amide bonds. The van der Waals surface area contributed by atoms with Crippen molar-refractivity contribution < 1.29 is 15.1 Å². The third kappa shape index (κ3) is 1.98. The molecule has 0 unspecified atom stereocenters. The molecule has 1 fully saturated rings. The van der Waals surface area contributed by atoms with Crippen LogP contribution in [0.5, 0.6) is 0 Å². The zero-order valence-electron chi connectivity index (χ0n) is 16.4. The van der Waals surface area contributed by atoms with Gasteiger partial charge in [-0.1, -0.05) is 19.1 Å². The summed E-state index contributed by atoms with van der Waals surface area (Å²) in [6.07, 6.45) is -16.8. The van der Waals surface area contributed by atoms with E-state index in [-0.39, 0.29) is 0 Å². The molecule has 1 rings (SSSR count). The van der Waals surface area contributed by atoms with E-state index in [9.17, 15) is 0 Å². The van der Waals surface area contributed by atoms with Gasteiger partial charge in [-0.3, -0.25) is 0 Å². The van der Waals surface area contributed by atoms with Crippen LogP contribution >= 0.6 is 0 Å². The van der Waals surface area contributed by atoms with Crippen LogP contribution in [0.25, 0.3) is 0 Å². The zero-order chi connectivity index (χ0) is 16.6. The maximum absolute atomic E-state index is 8.10. The molecular formula is C8H17N. The molecule has 1 nitrogen and oxygen atoms in total. The van der Waals surface area contributed by atoms with Crippen LogP contribution in [0, 0.1) is 0 Å². The van der Waals surface area contributed by atoms with Crippen molar-refractivity contribution in [3.8, 4) is 0 Å². The van der Waals surface area contributed by atoms with Crippen LogP contribution in [0.3, 0.4) is 0 Å². The Hall–Kier alpha value is -0.0400. The lowest BCUT2D eigenvalue weighted by Crippen LogP contribution is -2.29. The van der Waals surface area contributed by atoms with Crippen LogP contribution in [0.4, 0.5) is 0 Å². The van der Waals surface area contributed by atoms with E-state index < -0.39 is 37.9 Å². The summed E-state index contributed by atoms with van der Waals surface area (Å²) in [6.45, 7) is 0. The molecule has 0 spiro atoms. The molecule has 0 aliphatic heterocycles. The molecule has 9 heavy (non-hydrogen) atoms. The molecule has 0 radical (unpaired) electrons. The van der Waals surface area contributed by atoms with E-state index in [0.29, 0.717) is 0 Å². The smallest absolute Gasteiger partial charge is 0.0467 e. The van der Waals surface area contributed by atoms with Crippen LogP contribution in [-0.4, -0.2) is 25.0 Å². The number of hydrogen-bond acceptors (Lipinski definition) is 1. The van der Waals surface area contributed by atoms with Gasteiger partial charge in [-0.2, -0.15) is 0 Å². The fourth-order valence-corrected chi connectivity index (χ4v) is 0.467. The summed E-state index contributed by atoms with van der Waals surface area (Å²) in [6, 6.07) is -2.95. The third-order valence-electron chi connectivity index (χ3n) is 0.934. The van der Waals surface area contributed by atoms with Crippen molar-refractivity contribution in [3.63, 3.8) is 0 Å². The molecule has 0 saturated heterocycles. The monoisotopic (exact) mass is 138 g/mol. The van der Waals surface area contributed by atoms with E-state index in [0.717, 1.165) is 19.0 Å². The molecular weight excluding hydrogens is 110 g/mol. The Morgan fingerprint density at radius 1 is 1.33 bits per heavy atom. The molecule has 1 aliphatic rings. The van der Waals surface area contributed by atoms with Gasteiger partial charge in [0, 0.05) is 21.1 Å². The largest absolute Gasteiger partial charge is 0.306 e. The van der Waals surface area contributed by atoms with Crippen molar-refractivity contribution in [1.82, 2.24) is 4.90 Å². The first-order valence-corrected chi connectivity index (χ1v) is 2.62. The first-order valence-electron chi connectivity index (χ1n) is 8.12. The Balaban J connectivity index is 3.83. The Morgan fingerprint density at radius 3 is 2.33 bits per heavy atom. The molecule has 54 valence electrons. The minimum Gasteiger partial charge on any atom is -0.306 e. The number of nitrogens with zero attached hydrogens (tertiary/aromatic N) is 1. The van der Waals surface area contributed by atoms with Crippen molar-refractivity contribution in [2.45, 2.75) is 37.9 Å². The number of rotatable bonds is 1. The summed E-state index contributed by atoms with van der Waals surface area (Å²) in [4.78, 5) is 0.748. The van der Waals surface area contributed by atoms with Gasteiger partial charge in [0.2, 0.25) is 0 Å². The van der Waals surface area contributed by atoms with Crippen LogP contribution in [0.15, 0.2) is 0 Å². The van der Waals surface area contributed by atoms with Gasteiger partial charge in [-0.15, -0.1) is 0 Å². The van der Waals surface area contributed by atoms with Crippen molar-refractivity contribution in [2.75, 3.05) is 14.1 Å². The van der Waals surface area contributed by atoms with Crippen LogP contribution in [-0.2, 0) is 0 Å². The van der Waals surface area contributed by atoms with Crippen molar-refractivity contribution >= 4 is 0 Å². The SMILES string of the molecule is [2H]C1([2H])C([2H])([2H])C([2H])([2H])C([2H])(N(C)C)C([2H])([2H])C1([2H])[2H]. The topological polar surface area (TPSA) is 3.24 Å². The maximum Gasteiger partial charge on any atom is 0.0467 e. The second-order valence-corrected chi connectivity index (χ2v) is 1.87. The molecule has 1 heteroatoms. The molecule has 0 aromatic heterocycles. The average molecular weight is 138 g/mol. The third-order valence-corrected chi connectivity index (χ3v) is 0.934. The van der Waals surface area contributed by atoms with Gasteiger partial charge < -0.3 is 4.90 Å². The fraction of sp³-hybridized carbons (Fsp3) is 1.00. The highest BCUT2D eigenvalue weighted by molar-refractivity contribution is 4.70. The molecule has 0 aromatic carbocycles. The summed E-state index contributed by atoms with van der Waals surface area (Å²) in [5.74, 6) is 0. The second kappa shape index (κ2) is 3.21. The quantitative estimate of drug-likeness (QED) is 0.535. The highest BCUT2D eigenvalue weighted by atomic mass is 15.1. The highest BCUT2D eigenvalue weighted by Crippen LogP contribution is 2.20. The summed E-state index contributed by atoms with van der Waals surface area (Å²) in [5, 5.41) is 0. The molecule has 0 bridgehead atoms. The summed E-state index contributed by atoms with van der Waals surface area (Å²) in [7, 11) is 2.27. The maximum atomic E-state index is 8.10. The first-order chi connectivity index (χ1) is 8.44. The van der Waals surface area contributed by atoms with Crippen molar-refractivity contribution in [1.29, 1.82) is 0 Å². The molecule has 1 saturated carbocycles. The lowest BCUT2D eigenvalue weighted by molar-refractivity contribution is 0.229. The normalized spacial score (nSPS) is 72.6. The van der Waals surface area contributed by atoms with E-state index >= 15 is 0 Å². The Morgan fingerprint density at radius 2 is 1.89 bits per heavy atom. The van der Waals surface area contributed by atoms with Crippen LogP contribution < -0.4 is 0 Å². The lowest BCUT2D eigenvalue weighted by atomic mass is 9.95. The van der Waals surface area contributed by atoms with E-state index in [1.165, 1.54) is 0 Å². The molecule has 0 aromatic rings. The highest BCUT2D eigenvalue weighted by Gasteiger charge is 2.13. The fourth-order valence-electron chi connectivity index (χ4n) is 0.467. The van der Waals surface area contributed by atoms with E-state index in [2.05, 4.69) is 0 Å². The van der Waals surface area contributed by atoms with Gasteiger partial charge >= 0.3 is 0 Å². The Labute approximate surface area is 73.5 Å². The van der Waals surface area contributed by atoms with Gasteiger partial charge in [0.15, 0.2) is 0 Å². The first kappa shape index (κ1) is 1.42. The van der Waals surface area contributed by atoms with Gasteiger partial charge in [0.05, 0.1) is 0 Å². The Kier molecular flexibility index (Phi) is 0.508. The van der Waals surface area contributed by atoms with E-state index in [4.69, 9.17) is 15.1 Å². The number of hydrogen-bond donors (Lipinski definition) is 0. The molecule has 1 aliphatic carbocycles. The summed E-state index contributed by atoms with van der Waals surface area (Å²) < 4.78 is 85.3. The zero-order valence-corrected chi connectivity index (χ0v) is 5.45. The second-order valence-electron chi connectivity index (χ2n) is 1.87.